The molecule has 184 valence electrons. The third-order valence-corrected chi connectivity index (χ3v) is 6.71. The first-order chi connectivity index (χ1) is 17.6. The zero-order valence-electron chi connectivity index (χ0n) is 20.6. The predicted octanol–water partition coefficient (Wildman–Crippen LogP) is 4.39. The van der Waals surface area contributed by atoms with E-state index in [-0.39, 0.29) is 18.4 Å². The van der Waals surface area contributed by atoms with Crippen molar-refractivity contribution < 1.29 is 14.3 Å². The van der Waals surface area contributed by atoms with Gasteiger partial charge in [-0.3, -0.25) is 14.5 Å². The highest BCUT2D eigenvalue weighted by atomic mass is 16.5. The van der Waals surface area contributed by atoms with Crippen molar-refractivity contribution in [1.29, 1.82) is 0 Å². The molecule has 5 rings (SSSR count). The molecule has 0 aromatic heterocycles. The highest BCUT2D eigenvalue weighted by Crippen LogP contribution is 2.34. The van der Waals surface area contributed by atoms with Crippen LogP contribution in [-0.4, -0.2) is 60.9 Å². The van der Waals surface area contributed by atoms with Gasteiger partial charge in [-0.1, -0.05) is 60.7 Å². The molecule has 3 aromatic carbocycles. The van der Waals surface area contributed by atoms with E-state index in [4.69, 9.17) is 4.74 Å². The zero-order valence-corrected chi connectivity index (χ0v) is 20.6. The van der Waals surface area contributed by atoms with Crippen molar-refractivity contribution in [1.82, 2.24) is 9.80 Å². The Hall–Kier alpha value is -3.90. The summed E-state index contributed by atoms with van der Waals surface area (Å²) in [4.78, 5) is 31.9. The number of hydrogen-bond donors (Lipinski definition) is 0. The molecule has 0 spiro atoms. The highest BCUT2D eigenvalue weighted by molar-refractivity contribution is 5.98. The molecule has 6 heteroatoms. The van der Waals surface area contributed by atoms with Gasteiger partial charge in [-0.05, 0) is 47.9 Å². The monoisotopic (exact) mass is 481 g/mol. The van der Waals surface area contributed by atoms with Crippen molar-refractivity contribution in [3.63, 3.8) is 0 Å². The summed E-state index contributed by atoms with van der Waals surface area (Å²) in [6.45, 7) is 6.41. The van der Waals surface area contributed by atoms with Gasteiger partial charge in [0.25, 0.3) is 11.8 Å². The van der Waals surface area contributed by atoms with Gasteiger partial charge in [-0.25, -0.2) is 0 Å². The number of aryl methyl sites for hydroxylation is 1. The Labute approximate surface area is 212 Å². The first-order valence-corrected chi connectivity index (χ1v) is 12.4. The molecule has 0 radical (unpaired) electrons. The number of ether oxygens (including phenoxy) is 1. The maximum atomic E-state index is 13.3. The summed E-state index contributed by atoms with van der Waals surface area (Å²) in [6.07, 6.45) is 4.32. The zero-order chi connectivity index (χ0) is 24.9. The Morgan fingerprint density at radius 3 is 2.56 bits per heavy atom. The average molecular weight is 482 g/mol. The summed E-state index contributed by atoms with van der Waals surface area (Å²) < 4.78 is 5.60. The molecule has 0 saturated carbocycles. The highest BCUT2D eigenvalue weighted by Gasteiger charge is 2.26. The maximum absolute atomic E-state index is 13.3. The summed E-state index contributed by atoms with van der Waals surface area (Å²) in [6, 6.07) is 23.8. The van der Waals surface area contributed by atoms with Crippen molar-refractivity contribution in [2.24, 2.45) is 0 Å². The average Bonchev–Trinajstić information content (AvgIpc) is 2.91. The normalized spacial score (nSPS) is 16.2. The van der Waals surface area contributed by atoms with Crippen LogP contribution in [0.15, 0.2) is 78.9 Å². The fourth-order valence-electron chi connectivity index (χ4n) is 4.69. The summed E-state index contributed by atoms with van der Waals surface area (Å²) >= 11 is 0. The van der Waals surface area contributed by atoms with Gasteiger partial charge in [0.05, 0.1) is 12.2 Å². The molecule has 2 aliphatic heterocycles. The van der Waals surface area contributed by atoms with E-state index in [9.17, 15) is 9.59 Å². The third kappa shape index (κ3) is 5.50. The molecule has 3 aromatic rings. The van der Waals surface area contributed by atoms with Gasteiger partial charge in [-0.2, -0.15) is 0 Å². The fraction of sp³-hybridized carbons (Fsp3) is 0.267. The van der Waals surface area contributed by atoms with Crippen molar-refractivity contribution in [3.05, 3.63) is 101 Å². The quantitative estimate of drug-likeness (QED) is 0.524. The number of nitrogens with zero attached hydrogens (tertiary/aromatic N) is 3. The SMILES string of the molecule is Cc1ccc2c(c1)N(Cc1cccc(C(=O)N3CCN(CC=Cc4ccccc4)CC3)c1)C(=O)CO2. The number of anilines is 1. The van der Waals surface area contributed by atoms with E-state index in [0.29, 0.717) is 30.9 Å². The molecule has 0 bridgehead atoms. The predicted molar refractivity (Wildman–Crippen MR) is 142 cm³/mol. The summed E-state index contributed by atoms with van der Waals surface area (Å²) in [7, 11) is 0. The van der Waals surface area contributed by atoms with Crippen molar-refractivity contribution in [3.8, 4) is 5.75 Å². The lowest BCUT2D eigenvalue weighted by molar-refractivity contribution is -0.121. The number of hydrogen-bond acceptors (Lipinski definition) is 4. The van der Waals surface area contributed by atoms with Crippen LogP contribution in [0.1, 0.15) is 27.0 Å². The van der Waals surface area contributed by atoms with Gasteiger partial charge in [0, 0.05) is 38.3 Å². The van der Waals surface area contributed by atoms with Crippen LogP contribution in [0.5, 0.6) is 5.75 Å². The van der Waals surface area contributed by atoms with Gasteiger partial charge < -0.3 is 14.5 Å². The Morgan fingerprint density at radius 2 is 1.75 bits per heavy atom. The minimum Gasteiger partial charge on any atom is -0.482 e. The third-order valence-electron chi connectivity index (χ3n) is 6.71. The van der Waals surface area contributed by atoms with Crippen molar-refractivity contribution in [2.75, 3.05) is 44.2 Å². The molecule has 1 saturated heterocycles. The van der Waals surface area contributed by atoms with E-state index in [1.54, 1.807) is 4.90 Å². The van der Waals surface area contributed by atoms with E-state index in [1.165, 1.54) is 5.56 Å². The van der Waals surface area contributed by atoms with Crippen LogP contribution in [0, 0.1) is 6.92 Å². The van der Waals surface area contributed by atoms with E-state index in [1.807, 2.05) is 72.5 Å². The minimum absolute atomic E-state index is 0.0273. The maximum Gasteiger partial charge on any atom is 0.265 e. The fourth-order valence-corrected chi connectivity index (χ4v) is 4.69. The number of piperazine rings is 1. The molecule has 0 atom stereocenters. The van der Waals surface area contributed by atoms with E-state index in [0.717, 1.165) is 36.4 Å². The second-order valence-corrected chi connectivity index (χ2v) is 9.35. The first-order valence-electron chi connectivity index (χ1n) is 12.4. The molecule has 0 N–H and O–H groups in total. The van der Waals surface area contributed by atoms with Crippen molar-refractivity contribution >= 4 is 23.6 Å². The van der Waals surface area contributed by atoms with Crippen LogP contribution in [0.2, 0.25) is 0 Å². The molecule has 0 unspecified atom stereocenters. The van der Waals surface area contributed by atoms with Crippen LogP contribution in [0.4, 0.5) is 5.69 Å². The van der Waals surface area contributed by atoms with Crippen molar-refractivity contribution in [2.45, 2.75) is 13.5 Å². The molecule has 2 heterocycles. The van der Waals surface area contributed by atoms with E-state index < -0.39 is 0 Å². The molecular formula is C30H31N3O3. The Bertz CT molecular complexity index is 1260. The number of fused-ring (bicyclic) bond motifs is 1. The minimum atomic E-state index is -0.0812. The molecule has 2 amide bonds. The molecule has 36 heavy (non-hydrogen) atoms. The Morgan fingerprint density at radius 1 is 0.944 bits per heavy atom. The second-order valence-electron chi connectivity index (χ2n) is 9.35. The number of carbonyl (C=O) groups is 2. The number of rotatable bonds is 6. The van der Waals surface area contributed by atoms with Gasteiger partial charge >= 0.3 is 0 Å². The number of carbonyl (C=O) groups excluding carboxylic acids is 2. The van der Waals surface area contributed by atoms with Gasteiger partial charge in [0.2, 0.25) is 0 Å². The van der Waals surface area contributed by atoms with Gasteiger partial charge in [0.1, 0.15) is 5.75 Å². The van der Waals surface area contributed by atoms with Crippen LogP contribution in [-0.2, 0) is 11.3 Å². The van der Waals surface area contributed by atoms with E-state index >= 15 is 0 Å². The lowest BCUT2D eigenvalue weighted by Crippen LogP contribution is -2.48. The number of benzene rings is 3. The largest absolute Gasteiger partial charge is 0.482 e. The van der Waals surface area contributed by atoms with Crippen LogP contribution >= 0.6 is 0 Å². The summed E-state index contributed by atoms with van der Waals surface area (Å²) in [5.74, 6) is 0.673. The lowest BCUT2D eigenvalue weighted by Gasteiger charge is -2.34. The van der Waals surface area contributed by atoms with Crippen LogP contribution < -0.4 is 9.64 Å². The van der Waals surface area contributed by atoms with Gasteiger partial charge in [-0.15, -0.1) is 0 Å². The molecular weight excluding hydrogens is 450 g/mol. The topological polar surface area (TPSA) is 53.1 Å². The second kappa shape index (κ2) is 10.8. The molecule has 2 aliphatic rings. The molecule has 0 aliphatic carbocycles. The molecule has 6 nitrogen and oxygen atoms in total. The molecule has 1 fully saturated rings. The van der Waals surface area contributed by atoms with Gasteiger partial charge in [0.15, 0.2) is 6.61 Å². The first kappa shape index (κ1) is 23.8. The lowest BCUT2D eigenvalue weighted by atomic mass is 10.1. The van der Waals surface area contributed by atoms with Crippen LogP contribution in [0.3, 0.4) is 0 Å². The van der Waals surface area contributed by atoms with E-state index in [2.05, 4.69) is 29.2 Å². The Balaban J connectivity index is 1.20. The van der Waals surface area contributed by atoms with Crippen LogP contribution in [0.25, 0.3) is 6.08 Å². The smallest absolute Gasteiger partial charge is 0.265 e. The number of amides is 2. The summed E-state index contributed by atoms with van der Waals surface area (Å²) in [5, 5.41) is 0. The summed E-state index contributed by atoms with van der Waals surface area (Å²) in [5.41, 5.74) is 4.63. The standard InChI is InChI=1S/C30H31N3O3/c1-23-12-13-28-27(19-23)33(29(34)22-36-28)21-25-9-5-11-26(20-25)30(35)32-17-15-31(16-18-32)14-6-10-24-7-3-2-4-8-24/h2-13,19-20H,14-18,21-22H2,1H3. The Kier molecular flexibility index (Phi) is 7.14.